The molecule has 0 aromatic heterocycles. The maximum absolute atomic E-state index is 13.0. The van der Waals surface area contributed by atoms with Gasteiger partial charge in [-0.3, -0.25) is 4.79 Å². The number of carbonyl (C=O) groups excluding carboxylic acids is 1. The molecule has 5 nitrogen and oxygen atoms in total. The highest BCUT2D eigenvalue weighted by atomic mass is 16.5. The summed E-state index contributed by atoms with van der Waals surface area (Å²) in [5, 5.41) is 16.4. The van der Waals surface area contributed by atoms with E-state index in [4.69, 9.17) is 4.74 Å². The number of para-hydroxylation sites is 1. The van der Waals surface area contributed by atoms with Crippen molar-refractivity contribution in [1.29, 1.82) is 0 Å². The van der Waals surface area contributed by atoms with Crippen molar-refractivity contribution in [3.63, 3.8) is 0 Å². The van der Waals surface area contributed by atoms with Crippen molar-refractivity contribution in [2.45, 2.75) is 57.6 Å². The third-order valence-corrected chi connectivity index (χ3v) is 5.73. The largest absolute Gasteiger partial charge is 0.493 e. The molecule has 5 heteroatoms. The maximum Gasteiger partial charge on any atom is 0.255 e. The Morgan fingerprint density at radius 3 is 2.69 bits per heavy atom. The number of piperidine rings is 1. The van der Waals surface area contributed by atoms with E-state index >= 15 is 0 Å². The number of hydrogen-bond acceptors (Lipinski definition) is 4. The second-order valence-electron chi connectivity index (χ2n) is 7.67. The van der Waals surface area contributed by atoms with Crippen molar-refractivity contribution in [1.82, 2.24) is 10.6 Å². The number of hydrogen-bond donors (Lipinski definition) is 3. The molecular weight excluding hydrogens is 328 g/mol. The summed E-state index contributed by atoms with van der Waals surface area (Å²) in [5.41, 5.74) is 0.613. The van der Waals surface area contributed by atoms with Crippen LogP contribution in [0.3, 0.4) is 0 Å². The first kappa shape index (κ1) is 19.2. The molecule has 1 unspecified atom stereocenters. The van der Waals surface area contributed by atoms with Gasteiger partial charge in [0.15, 0.2) is 0 Å². The van der Waals surface area contributed by atoms with Gasteiger partial charge in [0, 0.05) is 6.04 Å². The van der Waals surface area contributed by atoms with Gasteiger partial charge >= 0.3 is 0 Å². The highest BCUT2D eigenvalue weighted by molar-refractivity contribution is 5.97. The lowest BCUT2D eigenvalue weighted by molar-refractivity contribution is 0.00915. The summed E-state index contributed by atoms with van der Waals surface area (Å²) in [6.07, 6.45) is 5.58. The van der Waals surface area contributed by atoms with Gasteiger partial charge in [-0.15, -0.1) is 0 Å². The van der Waals surface area contributed by atoms with Gasteiger partial charge in [-0.25, -0.2) is 0 Å². The number of unbranched alkanes of at least 4 members (excludes halogenated alkanes) is 1. The smallest absolute Gasteiger partial charge is 0.255 e. The first-order chi connectivity index (χ1) is 12.7. The number of benzene rings is 1. The van der Waals surface area contributed by atoms with Crippen molar-refractivity contribution >= 4 is 5.91 Å². The van der Waals surface area contributed by atoms with Crippen molar-refractivity contribution in [3.05, 3.63) is 29.8 Å². The van der Waals surface area contributed by atoms with Crippen molar-refractivity contribution in [2.75, 3.05) is 19.7 Å². The molecule has 3 rings (SSSR count). The van der Waals surface area contributed by atoms with Gasteiger partial charge < -0.3 is 20.5 Å². The summed E-state index contributed by atoms with van der Waals surface area (Å²) in [6, 6.07) is 7.64. The minimum absolute atomic E-state index is 0.0537. The van der Waals surface area contributed by atoms with E-state index in [1.807, 2.05) is 24.3 Å². The van der Waals surface area contributed by atoms with E-state index in [2.05, 4.69) is 17.6 Å². The maximum atomic E-state index is 13.0. The number of nitrogens with one attached hydrogen (secondary N) is 2. The van der Waals surface area contributed by atoms with Crippen molar-refractivity contribution < 1.29 is 14.6 Å². The number of ether oxygens (including phenoxy) is 1. The third-order valence-electron chi connectivity index (χ3n) is 5.73. The van der Waals surface area contributed by atoms with Gasteiger partial charge in [-0.05, 0) is 69.2 Å². The van der Waals surface area contributed by atoms with Crippen LogP contribution < -0.4 is 15.4 Å². The van der Waals surface area contributed by atoms with E-state index in [0.29, 0.717) is 29.8 Å². The average molecular weight is 360 g/mol. The highest BCUT2D eigenvalue weighted by Crippen LogP contribution is 2.36. The van der Waals surface area contributed by atoms with Gasteiger partial charge in [0.05, 0.1) is 18.3 Å². The molecule has 2 fully saturated rings. The van der Waals surface area contributed by atoms with Crippen LogP contribution in [0.1, 0.15) is 55.8 Å². The van der Waals surface area contributed by atoms with Crippen molar-refractivity contribution in [2.24, 2.45) is 11.8 Å². The molecule has 1 aromatic carbocycles. The lowest BCUT2D eigenvalue weighted by Gasteiger charge is -2.43. The van der Waals surface area contributed by atoms with E-state index in [1.54, 1.807) is 0 Å². The Kier molecular flexibility index (Phi) is 6.92. The molecular formula is C21H32N2O3. The standard InChI is InChI=1S/C21H32N2O3/c1-2-3-12-26-19-7-5-4-6-18(19)21(25)23-20(16-13-17(24)14-16)15-8-10-22-11-9-15/h4-7,15-17,20,22,24H,2-3,8-14H2,1H3,(H,23,25). The summed E-state index contributed by atoms with van der Waals surface area (Å²) in [7, 11) is 0. The van der Waals surface area contributed by atoms with Crippen LogP contribution in [0.2, 0.25) is 0 Å². The van der Waals surface area contributed by atoms with E-state index < -0.39 is 0 Å². The molecule has 0 spiro atoms. The highest BCUT2D eigenvalue weighted by Gasteiger charge is 2.39. The molecule has 1 amide bonds. The summed E-state index contributed by atoms with van der Waals surface area (Å²) in [4.78, 5) is 13.0. The van der Waals surface area contributed by atoms with Crippen LogP contribution in [0.25, 0.3) is 0 Å². The van der Waals surface area contributed by atoms with Gasteiger partial charge in [0.1, 0.15) is 5.75 Å². The number of amides is 1. The number of aliphatic hydroxyl groups is 1. The summed E-state index contributed by atoms with van der Waals surface area (Å²) < 4.78 is 5.83. The second kappa shape index (κ2) is 9.38. The van der Waals surface area contributed by atoms with Crippen LogP contribution >= 0.6 is 0 Å². The molecule has 0 bridgehead atoms. The molecule has 144 valence electrons. The summed E-state index contributed by atoms with van der Waals surface area (Å²) >= 11 is 0. The van der Waals surface area contributed by atoms with Crippen LogP contribution in [0.15, 0.2) is 24.3 Å². The van der Waals surface area contributed by atoms with Crippen LogP contribution in [0, 0.1) is 11.8 Å². The molecule has 26 heavy (non-hydrogen) atoms. The average Bonchev–Trinajstić information content (AvgIpc) is 2.65. The predicted molar refractivity (Wildman–Crippen MR) is 102 cm³/mol. The van der Waals surface area contributed by atoms with E-state index in [1.165, 1.54) is 0 Å². The van der Waals surface area contributed by atoms with Gasteiger partial charge in [0.25, 0.3) is 5.91 Å². The summed E-state index contributed by atoms with van der Waals surface area (Å²) in [5.74, 6) is 1.47. The Labute approximate surface area is 156 Å². The van der Waals surface area contributed by atoms with Gasteiger partial charge in [0.2, 0.25) is 0 Å². The number of aliphatic hydroxyl groups excluding tert-OH is 1. The fourth-order valence-corrected chi connectivity index (χ4v) is 4.08. The molecule has 3 N–H and O–H groups in total. The van der Waals surface area contributed by atoms with Gasteiger partial charge in [-0.1, -0.05) is 25.5 Å². The molecule has 1 saturated heterocycles. The fraction of sp³-hybridized carbons (Fsp3) is 0.667. The van der Waals surface area contributed by atoms with Crippen LogP contribution in [-0.2, 0) is 0 Å². The SMILES string of the molecule is CCCCOc1ccccc1C(=O)NC(C1CCNCC1)C1CC(O)C1. The molecule has 1 aliphatic carbocycles. The Bertz CT molecular complexity index is 580. The first-order valence-electron chi connectivity index (χ1n) is 10.1. The molecule has 0 radical (unpaired) electrons. The Morgan fingerprint density at radius 2 is 2.00 bits per heavy atom. The molecule has 1 aromatic rings. The minimum atomic E-state index is -0.203. The quantitative estimate of drug-likeness (QED) is 0.624. The molecule has 1 saturated carbocycles. The van der Waals surface area contributed by atoms with E-state index in [0.717, 1.165) is 51.6 Å². The Balaban J connectivity index is 1.69. The number of rotatable bonds is 8. The third kappa shape index (κ3) is 4.77. The van der Waals surface area contributed by atoms with E-state index in [9.17, 15) is 9.90 Å². The van der Waals surface area contributed by atoms with Crippen LogP contribution in [0.4, 0.5) is 0 Å². The zero-order chi connectivity index (χ0) is 18.4. The Hall–Kier alpha value is -1.59. The fourth-order valence-electron chi connectivity index (χ4n) is 4.08. The normalized spacial score (nSPS) is 24.5. The second-order valence-corrected chi connectivity index (χ2v) is 7.67. The van der Waals surface area contributed by atoms with Crippen LogP contribution in [-0.4, -0.2) is 42.9 Å². The minimum Gasteiger partial charge on any atom is -0.493 e. The molecule has 1 atom stereocenters. The molecule has 2 aliphatic rings. The topological polar surface area (TPSA) is 70.6 Å². The zero-order valence-electron chi connectivity index (χ0n) is 15.7. The van der Waals surface area contributed by atoms with E-state index in [-0.39, 0.29) is 18.1 Å². The lowest BCUT2D eigenvalue weighted by Crippen LogP contribution is -2.52. The zero-order valence-corrected chi connectivity index (χ0v) is 15.7. The lowest BCUT2D eigenvalue weighted by atomic mass is 9.71. The van der Waals surface area contributed by atoms with Gasteiger partial charge in [-0.2, -0.15) is 0 Å². The number of carbonyl (C=O) groups is 1. The monoisotopic (exact) mass is 360 g/mol. The Morgan fingerprint density at radius 1 is 1.27 bits per heavy atom. The molecule has 1 aliphatic heterocycles. The predicted octanol–water partition coefficient (Wildman–Crippen LogP) is 2.73. The van der Waals surface area contributed by atoms with Crippen LogP contribution in [0.5, 0.6) is 5.75 Å². The first-order valence-corrected chi connectivity index (χ1v) is 10.1. The molecule has 1 heterocycles. The summed E-state index contributed by atoms with van der Waals surface area (Å²) in [6.45, 7) is 4.76. The van der Waals surface area contributed by atoms with Crippen molar-refractivity contribution in [3.8, 4) is 5.75 Å².